The molecule has 0 saturated carbocycles. The molecule has 0 saturated heterocycles. The Labute approximate surface area is 169 Å². The van der Waals surface area contributed by atoms with Crippen LogP contribution in [0.15, 0.2) is 41.7 Å². The van der Waals surface area contributed by atoms with Gasteiger partial charge in [0, 0.05) is 11.8 Å². The molecule has 4 rings (SSSR count). The largest absolute Gasteiger partial charge is 0.487 e. The number of nitrogens with zero attached hydrogens (tertiary/aromatic N) is 2. The highest BCUT2D eigenvalue weighted by Crippen LogP contribution is 2.43. The number of fused-ring (bicyclic) bond motifs is 2. The predicted molar refractivity (Wildman–Crippen MR) is 103 cm³/mol. The predicted octanol–water partition coefficient (Wildman–Crippen LogP) is 5.80. The number of pyridine rings is 1. The minimum Gasteiger partial charge on any atom is -0.487 e. The van der Waals surface area contributed by atoms with Gasteiger partial charge < -0.3 is 9.72 Å². The molecule has 2 aromatic heterocycles. The quantitative estimate of drug-likeness (QED) is 0.401. The van der Waals surface area contributed by atoms with Crippen molar-refractivity contribution in [2.45, 2.75) is 48.4 Å². The topological polar surface area (TPSA) is 50.8 Å². The maximum atomic E-state index is 13.3. The number of halogens is 4. The Morgan fingerprint density at radius 1 is 1.21 bits per heavy atom. The third-order valence-corrected chi connectivity index (χ3v) is 6.02. The highest BCUT2D eigenvalue weighted by Gasteiger charge is 2.42. The highest BCUT2D eigenvalue weighted by molar-refractivity contribution is 7.99. The van der Waals surface area contributed by atoms with Crippen LogP contribution in [0.1, 0.15) is 35.8 Å². The summed E-state index contributed by atoms with van der Waals surface area (Å²) in [6, 6.07) is 9.18. The van der Waals surface area contributed by atoms with Gasteiger partial charge in [-0.2, -0.15) is 8.78 Å². The van der Waals surface area contributed by atoms with E-state index in [4.69, 9.17) is 4.74 Å². The lowest BCUT2D eigenvalue weighted by Gasteiger charge is -2.20. The van der Waals surface area contributed by atoms with Crippen molar-refractivity contribution in [1.29, 1.82) is 0 Å². The first kappa shape index (κ1) is 20.0. The number of nitrogens with one attached hydrogen (secondary N) is 1. The monoisotopic (exact) mass is 425 g/mol. The Hall–Kier alpha value is -2.29. The van der Waals surface area contributed by atoms with Crippen LogP contribution in [-0.2, 0) is 6.42 Å². The zero-order valence-corrected chi connectivity index (χ0v) is 16.2. The number of rotatable bonds is 6. The summed E-state index contributed by atoms with van der Waals surface area (Å²) in [7, 11) is 0. The first-order valence-electron chi connectivity index (χ1n) is 9.32. The molecule has 1 atom stereocenters. The molecule has 9 heteroatoms. The van der Waals surface area contributed by atoms with Crippen LogP contribution < -0.4 is 4.74 Å². The van der Waals surface area contributed by atoms with Crippen molar-refractivity contribution in [2.75, 3.05) is 6.61 Å². The maximum absolute atomic E-state index is 13.3. The zero-order chi connectivity index (χ0) is 20.4. The first-order chi connectivity index (χ1) is 13.9. The average Bonchev–Trinajstić information content (AvgIpc) is 3.00. The number of benzene rings is 1. The first-order valence-corrected chi connectivity index (χ1v) is 10.2. The minimum atomic E-state index is -4.19. The van der Waals surface area contributed by atoms with Crippen molar-refractivity contribution in [1.82, 2.24) is 15.0 Å². The molecule has 0 fully saturated rings. The number of aromatic amines is 1. The average molecular weight is 425 g/mol. The van der Waals surface area contributed by atoms with E-state index < -0.39 is 19.0 Å². The standard InChI is InChI=1S/C20H19F4N3OS/c21-18(22)20(23,24)11-28-15-9-10-25-17-12(15)5-1-4-8-16(17)29-19-26-13-6-2-3-7-14(13)27-19/h2-3,6-7,9-10,16,18H,1,4-5,8,11H2,(H,26,27). The third kappa shape index (κ3) is 4.34. The lowest BCUT2D eigenvalue weighted by molar-refractivity contribution is -0.148. The Bertz CT molecular complexity index is 962. The van der Waals surface area contributed by atoms with E-state index in [1.807, 2.05) is 24.3 Å². The Kier molecular flexibility index (Phi) is 5.67. The molecule has 4 nitrogen and oxygen atoms in total. The van der Waals surface area contributed by atoms with Crippen molar-refractivity contribution in [3.63, 3.8) is 0 Å². The molecule has 0 amide bonds. The van der Waals surface area contributed by atoms with E-state index in [1.54, 1.807) is 0 Å². The molecule has 1 aliphatic carbocycles. The van der Waals surface area contributed by atoms with Crippen LogP contribution in [0.25, 0.3) is 11.0 Å². The summed E-state index contributed by atoms with van der Waals surface area (Å²) in [5.74, 6) is -3.99. The summed E-state index contributed by atoms with van der Waals surface area (Å²) in [5.41, 5.74) is 3.25. The molecular weight excluding hydrogens is 406 g/mol. The SMILES string of the molecule is FC(F)C(F)(F)COc1ccnc2c1CCCCC2Sc1nc2ccccc2[nH]1. The Morgan fingerprint density at radius 2 is 2.03 bits per heavy atom. The molecule has 1 aliphatic rings. The second-order valence-electron chi connectivity index (χ2n) is 6.93. The normalized spacial score (nSPS) is 17.3. The number of alkyl halides is 4. The van der Waals surface area contributed by atoms with Gasteiger partial charge in [-0.05, 0) is 37.5 Å². The van der Waals surface area contributed by atoms with E-state index >= 15 is 0 Å². The molecule has 3 aromatic rings. The molecule has 0 radical (unpaired) electrons. The van der Waals surface area contributed by atoms with Gasteiger partial charge in [0.2, 0.25) is 0 Å². The van der Waals surface area contributed by atoms with Crippen LogP contribution in [0.5, 0.6) is 5.75 Å². The van der Waals surface area contributed by atoms with Gasteiger partial charge in [0.1, 0.15) is 5.75 Å². The summed E-state index contributed by atoms with van der Waals surface area (Å²) in [4.78, 5) is 12.3. The second kappa shape index (κ2) is 8.22. The Balaban J connectivity index is 1.59. The second-order valence-corrected chi connectivity index (χ2v) is 8.13. The highest BCUT2D eigenvalue weighted by atomic mass is 32.2. The van der Waals surface area contributed by atoms with Gasteiger partial charge in [0.25, 0.3) is 0 Å². The number of para-hydroxylation sites is 2. The van der Waals surface area contributed by atoms with Crippen LogP contribution in [0.4, 0.5) is 17.6 Å². The zero-order valence-electron chi connectivity index (χ0n) is 15.4. The number of thioether (sulfide) groups is 1. The number of aromatic nitrogens is 3. The van der Waals surface area contributed by atoms with Gasteiger partial charge in [-0.3, -0.25) is 4.98 Å². The van der Waals surface area contributed by atoms with Crippen molar-refractivity contribution in [3.8, 4) is 5.75 Å². The molecule has 29 heavy (non-hydrogen) atoms. The number of ether oxygens (including phenoxy) is 1. The molecule has 2 heterocycles. The molecule has 1 N–H and O–H groups in total. The van der Waals surface area contributed by atoms with Crippen molar-refractivity contribution >= 4 is 22.8 Å². The molecule has 0 bridgehead atoms. The number of hydrogen-bond acceptors (Lipinski definition) is 4. The Morgan fingerprint density at radius 3 is 2.83 bits per heavy atom. The lowest BCUT2D eigenvalue weighted by atomic mass is 10.1. The summed E-state index contributed by atoms with van der Waals surface area (Å²) in [6.07, 6.45) is 0.943. The summed E-state index contributed by atoms with van der Waals surface area (Å²) in [5, 5.41) is 0.716. The number of imidazole rings is 1. The number of H-pyrrole nitrogens is 1. The molecular formula is C20H19F4N3OS. The molecule has 1 aromatic carbocycles. The van der Waals surface area contributed by atoms with Crippen LogP contribution >= 0.6 is 11.8 Å². The van der Waals surface area contributed by atoms with E-state index in [1.165, 1.54) is 24.0 Å². The molecule has 154 valence electrons. The third-order valence-electron chi connectivity index (χ3n) is 4.86. The van der Waals surface area contributed by atoms with Gasteiger partial charge >= 0.3 is 12.3 Å². The molecule has 0 spiro atoms. The fourth-order valence-corrected chi connectivity index (χ4v) is 4.58. The van der Waals surface area contributed by atoms with Gasteiger partial charge in [-0.1, -0.05) is 30.3 Å². The van der Waals surface area contributed by atoms with Crippen LogP contribution in [0.2, 0.25) is 0 Å². The summed E-state index contributed by atoms with van der Waals surface area (Å²) >= 11 is 1.53. The smallest absolute Gasteiger partial charge is 0.340 e. The summed E-state index contributed by atoms with van der Waals surface area (Å²) in [6.45, 7) is -1.36. The molecule has 0 aliphatic heterocycles. The van der Waals surface area contributed by atoms with E-state index in [0.717, 1.165) is 41.1 Å². The lowest BCUT2D eigenvalue weighted by Crippen LogP contribution is -2.34. The van der Waals surface area contributed by atoms with Gasteiger partial charge in [-0.25, -0.2) is 13.8 Å². The van der Waals surface area contributed by atoms with Crippen LogP contribution in [0, 0.1) is 0 Å². The van der Waals surface area contributed by atoms with Crippen LogP contribution in [0.3, 0.4) is 0 Å². The van der Waals surface area contributed by atoms with Crippen molar-refractivity contribution < 1.29 is 22.3 Å². The van der Waals surface area contributed by atoms with E-state index in [2.05, 4.69) is 15.0 Å². The maximum Gasteiger partial charge on any atom is 0.340 e. The summed E-state index contributed by atoms with van der Waals surface area (Å²) < 4.78 is 56.6. The van der Waals surface area contributed by atoms with Gasteiger partial charge in [-0.15, -0.1) is 0 Å². The van der Waals surface area contributed by atoms with E-state index in [-0.39, 0.29) is 11.0 Å². The van der Waals surface area contributed by atoms with Crippen LogP contribution in [-0.4, -0.2) is 33.9 Å². The number of hydrogen-bond donors (Lipinski definition) is 1. The molecule has 1 unspecified atom stereocenters. The van der Waals surface area contributed by atoms with Gasteiger partial charge in [0.05, 0.1) is 22.0 Å². The van der Waals surface area contributed by atoms with Crippen molar-refractivity contribution in [2.24, 2.45) is 0 Å². The fraction of sp³-hybridized carbons (Fsp3) is 0.400. The van der Waals surface area contributed by atoms with E-state index in [9.17, 15) is 17.6 Å². The minimum absolute atomic E-state index is 0.0350. The van der Waals surface area contributed by atoms with E-state index in [0.29, 0.717) is 12.0 Å². The fourth-order valence-electron chi connectivity index (χ4n) is 3.39. The van der Waals surface area contributed by atoms with Crippen molar-refractivity contribution in [3.05, 3.63) is 47.8 Å². The van der Waals surface area contributed by atoms with Gasteiger partial charge in [0.15, 0.2) is 11.8 Å².